The van der Waals surface area contributed by atoms with Crippen molar-refractivity contribution in [3.8, 4) is 0 Å². The summed E-state index contributed by atoms with van der Waals surface area (Å²) >= 11 is 0. The van der Waals surface area contributed by atoms with E-state index in [4.69, 9.17) is 4.42 Å². The van der Waals surface area contributed by atoms with Gasteiger partial charge < -0.3 is 4.42 Å². The molecule has 21 heavy (non-hydrogen) atoms. The third-order valence-electron chi connectivity index (χ3n) is 3.55. The third-order valence-corrected chi connectivity index (χ3v) is 3.55. The van der Waals surface area contributed by atoms with Gasteiger partial charge in [-0.2, -0.15) is 0 Å². The van der Waals surface area contributed by atoms with Gasteiger partial charge in [-0.05, 0) is 53.2 Å². The summed E-state index contributed by atoms with van der Waals surface area (Å²) in [5, 5.41) is 1.86. The van der Waals surface area contributed by atoms with Crippen molar-refractivity contribution in [2.24, 2.45) is 0 Å². The minimum Gasteiger partial charge on any atom is -0.456 e. The molecule has 4 aromatic rings. The second kappa shape index (κ2) is 4.12. The predicted octanol–water partition coefficient (Wildman–Crippen LogP) is 4.38. The molecule has 0 unspecified atom stereocenters. The summed E-state index contributed by atoms with van der Waals surface area (Å²) in [6.45, 7) is 0. The van der Waals surface area contributed by atoms with Gasteiger partial charge in [-0.3, -0.25) is 4.79 Å². The SMILES string of the molecule is O=c1c2cc(F)ccc2oc2cc3ccc(F)cc3cc12. The van der Waals surface area contributed by atoms with E-state index < -0.39 is 5.82 Å². The number of hydrogen-bond donors (Lipinski definition) is 0. The molecule has 4 rings (SSSR count). The lowest BCUT2D eigenvalue weighted by Gasteiger charge is -2.04. The van der Waals surface area contributed by atoms with E-state index in [9.17, 15) is 13.6 Å². The molecule has 0 spiro atoms. The zero-order valence-electron chi connectivity index (χ0n) is 10.7. The van der Waals surface area contributed by atoms with Gasteiger partial charge >= 0.3 is 0 Å². The lowest BCUT2D eigenvalue weighted by Crippen LogP contribution is -2.02. The lowest BCUT2D eigenvalue weighted by molar-refractivity contribution is 0.623. The molecule has 0 atom stereocenters. The van der Waals surface area contributed by atoms with Crippen LogP contribution in [0, 0.1) is 11.6 Å². The Morgan fingerprint density at radius 2 is 1.43 bits per heavy atom. The molecule has 0 fully saturated rings. The Morgan fingerprint density at radius 3 is 2.29 bits per heavy atom. The average Bonchev–Trinajstić information content (AvgIpc) is 2.47. The molecule has 1 heterocycles. The molecule has 2 nitrogen and oxygen atoms in total. The monoisotopic (exact) mass is 282 g/mol. The van der Waals surface area contributed by atoms with Crippen molar-refractivity contribution in [1.82, 2.24) is 0 Å². The Morgan fingerprint density at radius 1 is 0.714 bits per heavy atom. The van der Waals surface area contributed by atoms with Crippen molar-refractivity contribution < 1.29 is 13.2 Å². The van der Waals surface area contributed by atoms with Gasteiger partial charge in [-0.25, -0.2) is 8.78 Å². The van der Waals surface area contributed by atoms with Crippen LogP contribution in [0.4, 0.5) is 8.78 Å². The molecule has 0 saturated carbocycles. The topological polar surface area (TPSA) is 30.2 Å². The first kappa shape index (κ1) is 12.0. The van der Waals surface area contributed by atoms with Crippen LogP contribution in [-0.4, -0.2) is 0 Å². The Bertz CT molecular complexity index is 1080. The summed E-state index contributed by atoms with van der Waals surface area (Å²) in [4.78, 5) is 12.4. The Labute approximate surface area is 117 Å². The van der Waals surface area contributed by atoms with Gasteiger partial charge in [-0.15, -0.1) is 0 Å². The first-order valence-electron chi connectivity index (χ1n) is 6.37. The Balaban J connectivity index is 2.23. The number of fused-ring (bicyclic) bond motifs is 3. The molecule has 0 radical (unpaired) electrons. The lowest BCUT2D eigenvalue weighted by atomic mass is 10.1. The van der Waals surface area contributed by atoms with Gasteiger partial charge in [-0.1, -0.05) is 6.07 Å². The van der Waals surface area contributed by atoms with E-state index in [2.05, 4.69) is 0 Å². The van der Waals surface area contributed by atoms with Crippen molar-refractivity contribution in [2.45, 2.75) is 0 Å². The van der Waals surface area contributed by atoms with E-state index in [-0.39, 0.29) is 16.6 Å². The number of hydrogen-bond acceptors (Lipinski definition) is 2. The summed E-state index contributed by atoms with van der Waals surface area (Å²) in [7, 11) is 0. The third kappa shape index (κ3) is 1.80. The quantitative estimate of drug-likeness (QED) is 0.448. The molecule has 0 bridgehead atoms. The van der Waals surface area contributed by atoms with Crippen molar-refractivity contribution in [3.05, 3.63) is 70.4 Å². The van der Waals surface area contributed by atoms with Crippen LogP contribution in [-0.2, 0) is 0 Å². The molecule has 0 amide bonds. The highest BCUT2D eigenvalue weighted by molar-refractivity contribution is 5.99. The molecular formula is C17H8F2O2. The fourth-order valence-electron chi connectivity index (χ4n) is 2.54. The minimum absolute atomic E-state index is 0.179. The van der Waals surface area contributed by atoms with Gasteiger partial charge in [0, 0.05) is 0 Å². The van der Waals surface area contributed by atoms with Crippen LogP contribution >= 0.6 is 0 Å². The van der Waals surface area contributed by atoms with Crippen molar-refractivity contribution in [2.75, 3.05) is 0 Å². The number of rotatable bonds is 0. The van der Waals surface area contributed by atoms with Crippen LogP contribution in [0.15, 0.2) is 57.7 Å². The molecular weight excluding hydrogens is 274 g/mol. The zero-order valence-corrected chi connectivity index (χ0v) is 10.7. The molecule has 4 heteroatoms. The van der Waals surface area contributed by atoms with Gasteiger partial charge in [0.05, 0.1) is 10.8 Å². The maximum atomic E-state index is 13.3. The molecule has 0 aliphatic rings. The van der Waals surface area contributed by atoms with Crippen LogP contribution in [0.25, 0.3) is 32.7 Å². The summed E-state index contributed by atoms with van der Waals surface area (Å²) in [5.41, 5.74) is 0.408. The van der Waals surface area contributed by atoms with E-state index in [1.807, 2.05) is 0 Å². The first-order valence-corrected chi connectivity index (χ1v) is 6.37. The van der Waals surface area contributed by atoms with Gasteiger partial charge in [0.25, 0.3) is 0 Å². The van der Waals surface area contributed by atoms with E-state index >= 15 is 0 Å². The fourth-order valence-corrected chi connectivity index (χ4v) is 2.54. The number of halogens is 2. The van der Waals surface area contributed by atoms with Crippen LogP contribution < -0.4 is 5.43 Å². The first-order chi connectivity index (χ1) is 10.1. The molecule has 0 saturated heterocycles. The highest BCUT2D eigenvalue weighted by atomic mass is 19.1. The van der Waals surface area contributed by atoms with Gasteiger partial charge in [0.1, 0.15) is 22.8 Å². The van der Waals surface area contributed by atoms with Crippen molar-refractivity contribution in [1.29, 1.82) is 0 Å². The standard InChI is InChI=1S/C17H8F2O2/c18-11-2-1-9-7-16-13(6-10(9)5-11)17(20)14-8-12(19)3-4-15(14)21-16/h1-8H. The number of benzene rings is 3. The average molecular weight is 282 g/mol. The van der Waals surface area contributed by atoms with Gasteiger partial charge in [0.2, 0.25) is 5.43 Å². The van der Waals surface area contributed by atoms with Crippen LogP contribution in [0.1, 0.15) is 0 Å². The van der Waals surface area contributed by atoms with E-state index in [1.54, 1.807) is 18.2 Å². The Kier molecular flexibility index (Phi) is 2.36. The van der Waals surface area contributed by atoms with Crippen molar-refractivity contribution >= 4 is 32.7 Å². The fraction of sp³-hybridized carbons (Fsp3) is 0. The molecule has 1 aromatic heterocycles. The van der Waals surface area contributed by atoms with Gasteiger partial charge in [0.15, 0.2) is 0 Å². The summed E-state index contributed by atoms with van der Waals surface area (Å²) in [5.74, 6) is -0.876. The van der Waals surface area contributed by atoms with Crippen LogP contribution in [0.3, 0.4) is 0 Å². The highest BCUT2D eigenvalue weighted by Crippen LogP contribution is 2.25. The summed E-state index contributed by atoms with van der Waals surface area (Å²) < 4.78 is 32.2. The maximum Gasteiger partial charge on any atom is 0.200 e. The predicted molar refractivity (Wildman–Crippen MR) is 77.4 cm³/mol. The van der Waals surface area contributed by atoms with Crippen LogP contribution in [0.2, 0.25) is 0 Å². The molecule has 3 aromatic carbocycles. The largest absolute Gasteiger partial charge is 0.456 e. The smallest absolute Gasteiger partial charge is 0.200 e. The summed E-state index contributed by atoms with van der Waals surface area (Å²) in [6.07, 6.45) is 0. The zero-order chi connectivity index (χ0) is 14.6. The molecule has 102 valence electrons. The van der Waals surface area contributed by atoms with Crippen LogP contribution in [0.5, 0.6) is 0 Å². The normalized spacial score (nSPS) is 11.5. The molecule has 0 aliphatic heterocycles. The minimum atomic E-state index is -0.499. The van der Waals surface area contributed by atoms with Crippen molar-refractivity contribution in [3.63, 3.8) is 0 Å². The maximum absolute atomic E-state index is 13.3. The molecule has 0 aliphatic carbocycles. The summed E-state index contributed by atoms with van der Waals surface area (Å²) in [6, 6.07) is 11.4. The second-order valence-electron chi connectivity index (χ2n) is 4.91. The Hall–Kier alpha value is -2.75. The van der Waals surface area contributed by atoms with E-state index in [0.29, 0.717) is 21.9 Å². The van der Waals surface area contributed by atoms with E-state index in [0.717, 1.165) is 11.5 Å². The molecule has 0 N–H and O–H groups in total. The second-order valence-corrected chi connectivity index (χ2v) is 4.91. The van der Waals surface area contributed by atoms with E-state index in [1.165, 1.54) is 24.3 Å². The highest BCUT2D eigenvalue weighted by Gasteiger charge is 2.10.